The Morgan fingerprint density at radius 3 is 2.33 bits per heavy atom. The summed E-state index contributed by atoms with van der Waals surface area (Å²) >= 11 is 0. The molecule has 0 fully saturated rings. The van der Waals surface area contributed by atoms with E-state index in [0.29, 0.717) is 6.04 Å². The molecule has 0 heterocycles. The molecule has 0 radical (unpaired) electrons. The van der Waals surface area contributed by atoms with Crippen molar-refractivity contribution in [3.8, 4) is 0 Å². The van der Waals surface area contributed by atoms with E-state index >= 15 is 0 Å². The van der Waals surface area contributed by atoms with Crippen LogP contribution in [0.1, 0.15) is 67.7 Å². The third kappa shape index (κ3) is 11.5. The van der Waals surface area contributed by atoms with Crippen molar-refractivity contribution in [3.63, 3.8) is 0 Å². The predicted molar refractivity (Wildman–Crippen MR) is 99.8 cm³/mol. The van der Waals surface area contributed by atoms with Gasteiger partial charge in [0.2, 0.25) is 0 Å². The highest BCUT2D eigenvalue weighted by Crippen LogP contribution is 2.22. The van der Waals surface area contributed by atoms with Gasteiger partial charge in [-0.15, -0.1) is 0 Å². The highest BCUT2D eigenvalue weighted by Gasteiger charge is 2.15. The van der Waals surface area contributed by atoms with Crippen LogP contribution in [-0.4, -0.2) is 12.6 Å². The molecule has 0 amide bonds. The molecule has 0 aromatic rings. The molecular weight excluding hydrogens is 254 g/mol. The standard InChI is InChI=1S/C19H35N.CH4/c1-7-10-11-14-20-19(9-3)15-18(6)17(5)13-12-16(4)8-2;/h8,10-12,17-20H,2,7,9,13-15H2,1,3-6H3;1H4/b11-10-,16-12+;. The quantitative estimate of drug-likeness (QED) is 0.356. The molecule has 3 atom stereocenters. The molecule has 0 aromatic heterocycles. The lowest BCUT2D eigenvalue weighted by molar-refractivity contribution is 0.315. The first-order chi connectivity index (χ1) is 9.54. The van der Waals surface area contributed by atoms with E-state index in [1.807, 2.05) is 6.08 Å². The van der Waals surface area contributed by atoms with Gasteiger partial charge in [-0.2, -0.15) is 0 Å². The molecule has 3 unspecified atom stereocenters. The second-order valence-corrected chi connectivity index (χ2v) is 5.97. The van der Waals surface area contributed by atoms with E-state index in [2.05, 4.69) is 64.7 Å². The van der Waals surface area contributed by atoms with Crippen molar-refractivity contribution < 1.29 is 0 Å². The summed E-state index contributed by atoms with van der Waals surface area (Å²) in [6.07, 6.45) is 13.5. The van der Waals surface area contributed by atoms with E-state index in [1.165, 1.54) is 18.4 Å². The Bertz CT molecular complexity index is 301. The first-order valence-corrected chi connectivity index (χ1v) is 8.22. The second kappa shape index (κ2) is 14.1. The molecule has 1 heteroatoms. The Balaban J connectivity index is 0. The van der Waals surface area contributed by atoms with Crippen LogP contribution < -0.4 is 5.32 Å². The van der Waals surface area contributed by atoms with Gasteiger partial charge in [0.05, 0.1) is 0 Å². The lowest BCUT2D eigenvalue weighted by Gasteiger charge is -2.24. The van der Waals surface area contributed by atoms with Crippen LogP contribution >= 0.6 is 0 Å². The van der Waals surface area contributed by atoms with E-state index in [1.54, 1.807) is 0 Å². The van der Waals surface area contributed by atoms with Crippen LogP contribution in [0, 0.1) is 11.8 Å². The fraction of sp³-hybridized carbons (Fsp3) is 0.700. The summed E-state index contributed by atoms with van der Waals surface area (Å²) in [7, 11) is 0. The Morgan fingerprint density at radius 1 is 1.14 bits per heavy atom. The highest BCUT2D eigenvalue weighted by atomic mass is 14.9. The van der Waals surface area contributed by atoms with E-state index in [4.69, 9.17) is 0 Å². The summed E-state index contributed by atoms with van der Waals surface area (Å²) in [6, 6.07) is 0.637. The van der Waals surface area contributed by atoms with E-state index in [0.717, 1.165) is 31.2 Å². The minimum Gasteiger partial charge on any atom is -0.311 e. The van der Waals surface area contributed by atoms with Crippen LogP contribution in [0.3, 0.4) is 0 Å². The maximum Gasteiger partial charge on any atom is 0.0137 e. The Morgan fingerprint density at radius 2 is 1.81 bits per heavy atom. The van der Waals surface area contributed by atoms with Crippen molar-refractivity contribution in [1.82, 2.24) is 5.32 Å². The highest BCUT2D eigenvalue weighted by molar-refractivity contribution is 5.12. The normalized spacial score (nSPS) is 16.3. The van der Waals surface area contributed by atoms with Crippen LogP contribution in [0.15, 0.2) is 36.5 Å². The van der Waals surface area contributed by atoms with E-state index in [-0.39, 0.29) is 7.43 Å². The summed E-state index contributed by atoms with van der Waals surface area (Å²) in [6.45, 7) is 16.1. The van der Waals surface area contributed by atoms with Crippen molar-refractivity contribution in [2.24, 2.45) is 11.8 Å². The molecule has 0 aliphatic carbocycles. The Kier molecular flexibility index (Phi) is 15.1. The van der Waals surface area contributed by atoms with Gasteiger partial charge in [0.25, 0.3) is 0 Å². The van der Waals surface area contributed by atoms with Crippen molar-refractivity contribution in [2.75, 3.05) is 6.54 Å². The molecule has 124 valence electrons. The van der Waals surface area contributed by atoms with Crippen LogP contribution in [0.4, 0.5) is 0 Å². The summed E-state index contributed by atoms with van der Waals surface area (Å²) < 4.78 is 0. The summed E-state index contributed by atoms with van der Waals surface area (Å²) in [5.41, 5.74) is 1.29. The second-order valence-electron chi connectivity index (χ2n) is 5.97. The van der Waals surface area contributed by atoms with Gasteiger partial charge in [0, 0.05) is 12.6 Å². The smallest absolute Gasteiger partial charge is 0.0137 e. The van der Waals surface area contributed by atoms with E-state index in [9.17, 15) is 0 Å². The summed E-state index contributed by atoms with van der Waals surface area (Å²) in [5.74, 6) is 1.48. The van der Waals surface area contributed by atoms with Crippen molar-refractivity contribution in [2.45, 2.75) is 73.8 Å². The van der Waals surface area contributed by atoms with Crippen molar-refractivity contribution in [3.05, 3.63) is 36.5 Å². The minimum absolute atomic E-state index is 0. The third-order valence-corrected chi connectivity index (χ3v) is 4.18. The number of hydrogen-bond acceptors (Lipinski definition) is 1. The molecule has 0 saturated heterocycles. The average molecular weight is 294 g/mol. The first-order valence-electron chi connectivity index (χ1n) is 8.22. The Hall–Kier alpha value is -0.820. The topological polar surface area (TPSA) is 12.0 Å². The number of nitrogens with one attached hydrogen (secondary N) is 1. The maximum absolute atomic E-state index is 3.81. The average Bonchev–Trinajstić information content (AvgIpc) is 2.46. The van der Waals surface area contributed by atoms with Gasteiger partial charge in [0.1, 0.15) is 0 Å². The maximum atomic E-state index is 3.81. The van der Waals surface area contributed by atoms with Crippen molar-refractivity contribution >= 4 is 0 Å². The van der Waals surface area contributed by atoms with Crippen LogP contribution in [0.2, 0.25) is 0 Å². The molecule has 0 aromatic carbocycles. The fourth-order valence-corrected chi connectivity index (χ4v) is 2.25. The lowest BCUT2D eigenvalue weighted by Crippen LogP contribution is -2.31. The largest absolute Gasteiger partial charge is 0.311 e. The first kappa shape index (κ1) is 22.5. The van der Waals surface area contributed by atoms with Gasteiger partial charge in [0.15, 0.2) is 0 Å². The van der Waals surface area contributed by atoms with Crippen LogP contribution in [0.25, 0.3) is 0 Å². The monoisotopic (exact) mass is 293 g/mol. The van der Waals surface area contributed by atoms with Gasteiger partial charge in [-0.1, -0.05) is 71.6 Å². The lowest BCUT2D eigenvalue weighted by atomic mass is 9.86. The van der Waals surface area contributed by atoms with E-state index < -0.39 is 0 Å². The van der Waals surface area contributed by atoms with Gasteiger partial charge < -0.3 is 5.32 Å². The molecular formula is C20H39N. The van der Waals surface area contributed by atoms with Crippen LogP contribution in [-0.2, 0) is 0 Å². The fourth-order valence-electron chi connectivity index (χ4n) is 2.25. The molecule has 1 nitrogen and oxygen atoms in total. The SMILES string of the molecule is C.C=C/C(C)=C/CC(C)C(C)CC(CC)NC/C=C\CC. The predicted octanol–water partition coefficient (Wildman–Crippen LogP) is 6.14. The summed E-state index contributed by atoms with van der Waals surface area (Å²) in [5, 5.41) is 3.65. The van der Waals surface area contributed by atoms with Crippen molar-refractivity contribution in [1.29, 1.82) is 0 Å². The van der Waals surface area contributed by atoms with Gasteiger partial charge >= 0.3 is 0 Å². The molecule has 0 spiro atoms. The van der Waals surface area contributed by atoms with Crippen LogP contribution in [0.5, 0.6) is 0 Å². The van der Waals surface area contributed by atoms with Gasteiger partial charge in [-0.3, -0.25) is 0 Å². The molecule has 0 aliphatic rings. The Labute approximate surface area is 134 Å². The number of hydrogen-bond donors (Lipinski definition) is 1. The molecule has 0 aliphatic heterocycles. The molecule has 0 saturated carbocycles. The molecule has 0 rings (SSSR count). The zero-order valence-electron chi connectivity index (χ0n) is 14.3. The third-order valence-electron chi connectivity index (χ3n) is 4.18. The minimum atomic E-state index is 0. The zero-order valence-corrected chi connectivity index (χ0v) is 14.3. The zero-order chi connectivity index (χ0) is 15.4. The number of allylic oxidation sites excluding steroid dienone is 4. The summed E-state index contributed by atoms with van der Waals surface area (Å²) in [4.78, 5) is 0. The van der Waals surface area contributed by atoms with Gasteiger partial charge in [-0.25, -0.2) is 0 Å². The molecule has 21 heavy (non-hydrogen) atoms. The molecule has 1 N–H and O–H groups in total. The van der Waals surface area contributed by atoms with Gasteiger partial charge in [-0.05, 0) is 44.4 Å². The number of rotatable bonds is 11. The molecule has 0 bridgehead atoms.